The Kier molecular flexibility index (Phi) is 2.71. The van der Waals surface area contributed by atoms with Crippen LogP contribution in [0, 0.1) is 11.3 Å². The maximum Gasteiger partial charge on any atom is 0.259 e. The molecule has 0 aromatic rings. The van der Waals surface area contributed by atoms with E-state index in [0.717, 1.165) is 19.8 Å². The normalized spacial score (nSPS) is 29.0. The van der Waals surface area contributed by atoms with Gasteiger partial charge in [0, 0.05) is 20.0 Å². The molecule has 0 spiro atoms. The molecule has 0 aromatic heterocycles. The predicted molar refractivity (Wildman–Crippen MR) is 57.3 cm³/mol. The molecule has 0 radical (unpaired) electrons. The summed E-state index contributed by atoms with van der Waals surface area (Å²) < 4.78 is 26.8. The Hall–Kier alpha value is -0.670. The van der Waals surface area contributed by atoms with E-state index in [2.05, 4.69) is 6.92 Å². The molecule has 2 fully saturated rings. The summed E-state index contributed by atoms with van der Waals surface area (Å²) in [4.78, 5) is 13.8. The van der Waals surface area contributed by atoms with Crippen LogP contribution >= 0.6 is 0 Å². The third-order valence-corrected chi connectivity index (χ3v) is 3.94. The summed E-state index contributed by atoms with van der Waals surface area (Å²) in [6.07, 6.45) is 2.73. The van der Waals surface area contributed by atoms with Crippen LogP contribution in [-0.2, 0) is 4.79 Å². The second-order valence-corrected chi connectivity index (χ2v) is 5.47. The molecule has 1 amide bonds. The van der Waals surface area contributed by atoms with Crippen molar-refractivity contribution in [2.24, 2.45) is 11.3 Å². The number of alkyl halides is 2. The average Bonchev–Trinajstić information content (AvgIpc) is 2.96. The van der Waals surface area contributed by atoms with Crippen molar-refractivity contribution >= 4 is 5.91 Å². The lowest BCUT2D eigenvalue weighted by Crippen LogP contribution is -2.48. The first-order valence-corrected chi connectivity index (χ1v) is 6.04. The van der Waals surface area contributed by atoms with Gasteiger partial charge in [-0.3, -0.25) is 4.79 Å². The van der Waals surface area contributed by atoms with Gasteiger partial charge in [0.1, 0.15) is 5.41 Å². The van der Waals surface area contributed by atoms with Gasteiger partial charge in [-0.1, -0.05) is 6.92 Å². The van der Waals surface area contributed by atoms with Gasteiger partial charge in [-0.05, 0) is 31.6 Å². The van der Waals surface area contributed by atoms with E-state index >= 15 is 0 Å². The van der Waals surface area contributed by atoms with Crippen LogP contribution in [0.5, 0.6) is 0 Å². The number of amides is 1. The number of piperidine rings is 1. The molecule has 1 aliphatic heterocycles. The molecule has 1 aliphatic carbocycles. The molecule has 0 bridgehead atoms. The summed E-state index contributed by atoms with van der Waals surface area (Å²) in [5.41, 5.74) is -1.36. The number of likely N-dealkylation sites (tertiary alicyclic amines) is 1. The van der Waals surface area contributed by atoms with Crippen LogP contribution in [-0.4, -0.2) is 29.8 Å². The van der Waals surface area contributed by atoms with Gasteiger partial charge in [0.2, 0.25) is 5.91 Å². The maximum absolute atomic E-state index is 13.4. The van der Waals surface area contributed by atoms with E-state index in [1.807, 2.05) is 0 Å². The number of carbonyl (C=O) groups is 1. The molecule has 1 heterocycles. The molecule has 1 saturated carbocycles. The summed E-state index contributed by atoms with van der Waals surface area (Å²) in [6, 6.07) is 0. The van der Waals surface area contributed by atoms with Crippen LogP contribution in [0.25, 0.3) is 0 Å². The largest absolute Gasteiger partial charge is 0.342 e. The summed E-state index contributed by atoms with van der Waals surface area (Å²) >= 11 is 0. The van der Waals surface area contributed by atoms with Crippen molar-refractivity contribution < 1.29 is 13.6 Å². The summed E-state index contributed by atoms with van der Waals surface area (Å²) in [5.74, 6) is -2.74. The monoisotopic (exact) mass is 231 g/mol. The number of carbonyl (C=O) groups excluding carboxylic acids is 1. The lowest BCUT2D eigenvalue weighted by Gasteiger charge is -2.35. The fourth-order valence-electron chi connectivity index (χ4n) is 2.64. The zero-order chi connectivity index (χ0) is 12.0. The molecule has 2 rings (SSSR count). The van der Waals surface area contributed by atoms with E-state index in [-0.39, 0.29) is 5.91 Å². The van der Waals surface area contributed by atoms with Gasteiger partial charge in [-0.25, -0.2) is 8.78 Å². The molecule has 1 saturated heterocycles. The molecule has 1 atom stereocenters. The fourth-order valence-corrected chi connectivity index (χ4v) is 2.64. The fraction of sp³-hybridized carbons (Fsp3) is 0.917. The Morgan fingerprint density at radius 1 is 1.44 bits per heavy atom. The highest BCUT2D eigenvalue weighted by molar-refractivity contribution is 5.86. The smallest absolute Gasteiger partial charge is 0.259 e. The third-order valence-electron chi connectivity index (χ3n) is 3.94. The number of nitrogens with zero attached hydrogens (tertiary/aromatic N) is 1. The van der Waals surface area contributed by atoms with E-state index in [1.165, 1.54) is 0 Å². The standard InChI is InChI=1S/C12H19F2NO/c1-9-4-3-7-15(8-9)10(16)12(5-6-12)11(2,13)14/h9H,3-8H2,1-2H3/t9-/m1/s1. The van der Waals surface area contributed by atoms with E-state index in [1.54, 1.807) is 4.90 Å². The SMILES string of the molecule is C[C@@H]1CCCN(C(=O)C2(C(C)(F)F)CC2)C1. The minimum absolute atomic E-state index is 0.313. The van der Waals surface area contributed by atoms with Gasteiger partial charge in [0.05, 0.1) is 0 Å². The van der Waals surface area contributed by atoms with Crippen molar-refractivity contribution in [2.75, 3.05) is 13.1 Å². The van der Waals surface area contributed by atoms with Crippen molar-refractivity contribution in [1.82, 2.24) is 4.90 Å². The number of hydrogen-bond acceptors (Lipinski definition) is 1. The molecule has 0 N–H and O–H groups in total. The Balaban J connectivity index is 2.08. The molecule has 2 nitrogen and oxygen atoms in total. The van der Waals surface area contributed by atoms with Gasteiger partial charge >= 0.3 is 0 Å². The van der Waals surface area contributed by atoms with Crippen LogP contribution < -0.4 is 0 Å². The van der Waals surface area contributed by atoms with Crippen molar-refractivity contribution in [2.45, 2.75) is 45.5 Å². The van der Waals surface area contributed by atoms with E-state index in [0.29, 0.717) is 31.8 Å². The first-order chi connectivity index (χ1) is 7.37. The summed E-state index contributed by atoms with van der Waals surface area (Å²) in [7, 11) is 0. The van der Waals surface area contributed by atoms with Crippen molar-refractivity contribution in [1.29, 1.82) is 0 Å². The van der Waals surface area contributed by atoms with Crippen molar-refractivity contribution in [3.05, 3.63) is 0 Å². The quantitative estimate of drug-likeness (QED) is 0.715. The predicted octanol–water partition coefficient (Wildman–Crippen LogP) is 2.68. The Bertz CT molecular complexity index is 294. The third kappa shape index (κ3) is 1.82. The topological polar surface area (TPSA) is 20.3 Å². The summed E-state index contributed by atoms with van der Waals surface area (Å²) in [5, 5.41) is 0. The Morgan fingerprint density at radius 3 is 2.50 bits per heavy atom. The lowest BCUT2D eigenvalue weighted by molar-refractivity contribution is -0.154. The molecule has 2 aliphatic rings. The van der Waals surface area contributed by atoms with Crippen LogP contribution in [0.2, 0.25) is 0 Å². The Labute approximate surface area is 95.0 Å². The van der Waals surface area contributed by atoms with Gasteiger partial charge in [0.15, 0.2) is 0 Å². The highest BCUT2D eigenvalue weighted by atomic mass is 19.3. The van der Waals surface area contributed by atoms with Crippen molar-refractivity contribution in [3.8, 4) is 0 Å². The highest BCUT2D eigenvalue weighted by Crippen LogP contribution is 2.57. The van der Waals surface area contributed by atoms with E-state index in [9.17, 15) is 13.6 Å². The van der Waals surface area contributed by atoms with Gasteiger partial charge < -0.3 is 4.90 Å². The minimum atomic E-state index is -2.87. The molecular formula is C12H19F2NO. The van der Waals surface area contributed by atoms with Gasteiger partial charge in [-0.15, -0.1) is 0 Å². The molecule has 0 aromatic carbocycles. The molecule has 4 heteroatoms. The van der Waals surface area contributed by atoms with Crippen LogP contribution in [0.1, 0.15) is 39.5 Å². The van der Waals surface area contributed by atoms with Crippen LogP contribution in [0.4, 0.5) is 8.78 Å². The van der Waals surface area contributed by atoms with Gasteiger partial charge in [-0.2, -0.15) is 0 Å². The molecule has 0 unspecified atom stereocenters. The second kappa shape index (κ2) is 3.67. The van der Waals surface area contributed by atoms with Gasteiger partial charge in [0.25, 0.3) is 5.92 Å². The number of rotatable bonds is 2. The zero-order valence-corrected chi connectivity index (χ0v) is 9.93. The van der Waals surface area contributed by atoms with E-state index in [4.69, 9.17) is 0 Å². The summed E-state index contributed by atoms with van der Waals surface area (Å²) in [6.45, 7) is 4.26. The lowest BCUT2D eigenvalue weighted by atomic mass is 9.94. The zero-order valence-electron chi connectivity index (χ0n) is 9.93. The number of hydrogen-bond donors (Lipinski definition) is 0. The molecule has 16 heavy (non-hydrogen) atoms. The first-order valence-electron chi connectivity index (χ1n) is 6.04. The molecular weight excluding hydrogens is 212 g/mol. The van der Waals surface area contributed by atoms with Crippen LogP contribution in [0.3, 0.4) is 0 Å². The maximum atomic E-state index is 13.4. The first kappa shape index (κ1) is 11.8. The Morgan fingerprint density at radius 2 is 2.06 bits per heavy atom. The van der Waals surface area contributed by atoms with E-state index < -0.39 is 11.3 Å². The minimum Gasteiger partial charge on any atom is -0.342 e. The highest BCUT2D eigenvalue weighted by Gasteiger charge is 2.65. The average molecular weight is 231 g/mol. The van der Waals surface area contributed by atoms with Crippen LogP contribution in [0.15, 0.2) is 0 Å². The van der Waals surface area contributed by atoms with Crippen molar-refractivity contribution in [3.63, 3.8) is 0 Å². The number of halogens is 2. The molecule has 92 valence electrons. The second-order valence-electron chi connectivity index (χ2n) is 5.47.